The van der Waals surface area contributed by atoms with Crippen LogP contribution in [-0.4, -0.2) is 25.1 Å². The van der Waals surface area contributed by atoms with Crippen molar-refractivity contribution >= 4 is 5.69 Å². The van der Waals surface area contributed by atoms with Crippen LogP contribution in [0.2, 0.25) is 0 Å². The fourth-order valence-corrected chi connectivity index (χ4v) is 1.86. The lowest BCUT2D eigenvalue weighted by Crippen LogP contribution is -2.40. The molecule has 0 bridgehead atoms. The molecule has 1 N–H and O–H groups in total. The van der Waals surface area contributed by atoms with Gasteiger partial charge in [0.25, 0.3) is 0 Å². The average molecular weight is 235 g/mol. The lowest BCUT2D eigenvalue weighted by Gasteiger charge is -2.37. The molecule has 0 spiro atoms. The second-order valence-corrected chi connectivity index (χ2v) is 5.69. The van der Waals surface area contributed by atoms with E-state index in [1.165, 1.54) is 11.3 Å². The van der Waals surface area contributed by atoms with Crippen molar-refractivity contribution in [1.29, 1.82) is 0 Å². The fourth-order valence-electron chi connectivity index (χ4n) is 1.86. The summed E-state index contributed by atoms with van der Waals surface area (Å²) in [5, 5.41) is 3.20. The Kier molecular flexibility index (Phi) is 4.52. The van der Waals surface area contributed by atoms with Gasteiger partial charge in [-0.3, -0.25) is 4.98 Å². The summed E-state index contributed by atoms with van der Waals surface area (Å²) in [6.07, 6.45) is 3.81. The van der Waals surface area contributed by atoms with Crippen molar-refractivity contribution in [2.75, 3.05) is 19.0 Å². The van der Waals surface area contributed by atoms with Crippen molar-refractivity contribution in [2.45, 2.75) is 40.3 Å². The summed E-state index contributed by atoms with van der Waals surface area (Å²) >= 11 is 0. The summed E-state index contributed by atoms with van der Waals surface area (Å²) in [6.45, 7) is 9.93. The van der Waals surface area contributed by atoms with Gasteiger partial charge in [0.2, 0.25) is 0 Å². The number of pyridine rings is 1. The molecule has 0 fully saturated rings. The smallest absolute Gasteiger partial charge is 0.0598 e. The highest BCUT2D eigenvalue weighted by Crippen LogP contribution is 2.28. The molecule has 0 amide bonds. The Morgan fingerprint density at radius 3 is 2.59 bits per heavy atom. The Morgan fingerprint density at radius 1 is 1.41 bits per heavy atom. The van der Waals surface area contributed by atoms with Gasteiger partial charge in [-0.05, 0) is 31.0 Å². The van der Waals surface area contributed by atoms with Gasteiger partial charge in [0, 0.05) is 25.8 Å². The van der Waals surface area contributed by atoms with Crippen LogP contribution in [-0.2, 0) is 6.54 Å². The molecule has 0 saturated carbocycles. The topological polar surface area (TPSA) is 28.2 Å². The van der Waals surface area contributed by atoms with E-state index in [1.54, 1.807) is 0 Å². The van der Waals surface area contributed by atoms with E-state index in [0.717, 1.165) is 6.54 Å². The molecular formula is C14H25N3. The number of rotatable bonds is 4. The van der Waals surface area contributed by atoms with Gasteiger partial charge in [-0.15, -0.1) is 0 Å². The maximum Gasteiger partial charge on any atom is 0.0598 e. The van der Waals surface area contributed by atoms with Crippen molar-refractivity contribution in [3.05, 3.63) is 24.0 Å². The van der Waals surface area contributed by atoms with Crippen LogP contribution in [0.1, 0.15) is 33.3 Å². The number of hydrogen-bond acceptors (Lipinski definition) is 3. The molecule has 3 heteroatoms. The molecular weight excluding hydrogens is 210 g/mol. The van der Waals surface area contributed by atoms with Gasteiger partial charge in [0.15, 0.2) is 0 Å². The zero-order chi connectivity index (χ0) is 13.1. The van der Waals surface area contributed by atoms with Gasteiger partial charge in [0.1, 0.15) is 0 Å². The van der Waals surface area contributed by atoms with Crippen LogP contribution in [0.25, 0.3) is 0 Å². The van der Waals surface area contributed by atoms with Crippen LogP contribution < -0.4 is 10.2 Å². The quantitative estimate of drug-likeness (QED) is 0.869. The first kappa shape index (κ1) is 14.0. The summed E-state index contributed by atoms with van der Waals surface area (Å²) in [5.74, 6) is 0. The minimum atomic E-state index is 0.251. The molecule has 1 rings (SSSR count). The fraction of sp³-hybridized carbons (Fsp3) is 0.643. The number of aromatic nitrogens is 1. The first-order valence-corrected chi connectivity index (χ1v) is 6.18. The molecule has 0 aliphatic heterocycles. The van der Waals surface area contributed by atoms with Crippen LogP contribution in [0.15, 0.2) is 18.5 Å². The molecule has 1 aromatic heterocycles. The third-order valence-corrected chi connectivity index (χ3v) is 3.47. The molecule has 0 aliphatic carbocycles. The van der Waals surface area contributed by atoms with Gasteiger partial charge >= 0.3 is 0 Å². The van der Waals surface area contributed by atoms with Crippen molar-refractivity contribution in [1.82, 2.24) is 10.3 Å². The van der Waals surface area contributed by atoms with Crippen LogP contribution in [0.4, 0.5) is 5.69 Å². The molecule has 3 nitrogen and oxygen atoms in total. The molecule has 0 saturated heterocycles. The van der Waals surface area contributed by atoms with E-state index in [9.17, 15) is 0 Å². The second-order valence-electron chi connectivity index (χ2n) is 5.69. The number of nitrogens with one attached hydrogen (secondary N) is 1. The Labute approximate surface area is 105 Å². The van der Waals surface area contributed by atoms with E-state index in [2.05, 4.69) is 56.0 Å². The minimum Gasteiger partial charge on any atom is -0.370 e. The lowest BCUT2D eigenvalue weighted by molar-refractivity contribution is 0.329. The Hall–Kier alpha value is -1.09. The van der Waals surface area contributed by atoms with Crippen molar-refractivity contribution in [3.63, 3.8) is 0 Å². The molecule has 1 unspecified atom stereocenters. The highest BCUT2D eigenvalue weighted by molar-refractivity contribution is 5.52. The Morgan fingerprint density at radius 2 is 2.06 bits per heavy atom. The highest BCUT2D eigenvalue weighted by Gasteiger charge is 2.25. The zero-order valence-corrected chi connectivity index (χ0v) is 11.9. The van der Waals surface area contributed by atoms with Crippen molar-refractivity contribution in [3.8, 4) is 0 Å². The number of nitrogens with zero attached hydrogens (tertiary/aromatic N) is 2. The standard InChI is InChI=1S/C14H25N3/c1-11(14(2,3)4)17(6)13-10-16-8-7-12(13)9-15-5/h7-8,10-11,15H,9H2,1-6H3. The first-order valence-electron chi connectivity index (χ1n) is 6.18. The molecule has 0 aliphatic rings. The van der Waals surface area contributed by atoms with Crippen LogP contribution in [0.3, 0.4) is 0 Å². The number of hydrogen-bond donors (Lipinski definition) is 1. The average Bonchev–Trinajstić information content (AvgIpc) is 2.27. The zero-order valence-electron chi connectivity index (χ0n) is 11.9. The summed E-state index contributed by atoms with van der Waals surface area (Å²) in [6, 6.07) is 2.54. The monoisotopic (exact) mass is 235 g/mol. The summed E-state index contributed by atoms with van der Waals surface area (Å²) in [5.41, 5.74) is 2.76. The van der Waals surface area contributed by atoms with E-state index in [-0.39, 0.29) is 5.41 Å². The first-order chi connectivity index (χ1) is 7.88. The molecule has 1 heterocycles. The van der Waals surface area contributed by atoms with Crippen molar-refractivity contribution in [2.24, 2.45) is 5.41 Å². The lowest BCUT2D eigenvalue weighted by atomic mass is 9.87. The van der Waals surface area contributed by atoms with Gasteiger partial charge in [-0.1, -0.05) is 20.8 Å². The Bertz CT molecular complexity index is 355. The molecule has 17 heavy (non-hydrogen) atoms. The molecule has 1 aromatic rings. The van der Waals surface area contributed by atoms with Gasteiger partial charge < -0.3 is 10.2 Å². The van der Waals surface area contributed by atoms with E-state index in [0.29, 0.717) is 6.04 Å². The van der Waals surface area contributed by atoms with E-state index in [1.807, 2.05) is 19.4 Å². The van der Waals surface area contributed by atoms with Crippen LogP contribution >= 0.6 is 0 Å². The third kappa shape index (κ3) is 3.43. The predicted octanol–water partition coefficient (Wildman–Crippen LogP) is 2.67. The van der Waals surface area contributed by atoms with Crippen LogP contribution in [0.5, 0.6) is 0 Å². The summed E-state index contributed by atoms with van der Waals surface area (Å²) in [4.78, 5) is 6.56. The summed E-state index contributed by atoms with van der Waals surface area (Å²) < 4.78 is 0. The summed E-state index contributed by atoms with van der Waals surface area (Å²) in [7, 11) is 4.11. The largest absolute Gasteiger partial charge is 0.370 e. The third-order valence-electron chi connectivity index (χ3n) is 3.47. The SMILES string of the molecule is CNCc1ccncc1N(C)C(C)C(C)(C)C. The van der Waals surface area contributed by atoms with Gasteiger partial charge in [0.05, 0.1) is 11.9 Å². The van der Waals surface area contributed by atoms with E-state index < -0.39 is 0 Å². The minimum absolute atomic E-state index is 0.251. The molecule has 0 aromatic carbocycles. The number of anilines is 1. The molecule has 1 atom stereocenters. The van der Waals surface area contributed by atoms with Gasteiger partial charge in [-0.2, -0.15) is 0 Å². The second kappa shape index (κ2) is 5.50. The van der Waals surface area contributed by atoms with E-state index >= 15 is 0 Å². The van der Waals surface area contributed by atoms with Crippen molar-refractivity contribution < 1.29 is 0 Å². The maximum atomic E-state index is 4.24. The van der Waals surface area contributed by atoms with E-state index in [4.69, 9.17) is 0 Å². The van der Waals surface area contributed by atoms with Crippen LogP contribution in [0, 0.1) is 5.41 Å². The predicted molar refractivity (Wildman–Crippen MR) is 74.3 cm³/mol. The molecule has 96 valence electrons. The highest BCUT2D eigenvalue weighted by atomic mass is 15.1. The maximum absolute atomic E-state index is 4.24. The molecule has 0 radical (unpaired) electrons. The Balaban J connectivity index is 2.99. The normalized spacial score (nSPS) is 13.5. The van der Waals surface area contributed by atoms with Gasteiger partial charge in [-0.25, -0.2) is 0 Å².